The molecule has 1 amide bonds. The molecule has 22 heavy (non-hydrogen) atoms. The van der Waals surface area contributed by atoms with E-state index in [9.17, 15) is 4.79 Å². The van der Waals surface area contributed by atoms with Crippen LogP contribution in [-0.2, 0) is 16.0 Å². The maximum Gasteiger partial charge on any atom is 0.238 e. The summed E-state index contributed by atoms with van der Waals surface area (Å²) in [6.07, 6.45) is 0.920. The molecule has 1 aromatic carbocycles. The normalized spacial score (nSPS) is 16.0. The zero-order valence-corrected chi connectivity index (χ0v) is 13.7. The summed E-state index contributed by atoms with van der Waals surface area (Å²) < 4.78 is 5.34. The average Bonchev–Trinajstić information content (AvgIpc) is 2.54. The molecule has 0 saturated carbocycles. The van der Waals surface area contributed by atoms with E-state index in [1.165, 1.54) is 5.56 Å². The van der Waals surface area contributed by atoms with Gasteiger partial charge in [0.1, 0.15) is 0 Å². The predicted octanol–water partition coefficient (Wildman–Crippen LogP) is 1.45. The van der Waals surface area contributed by atoms with Crippen LogP contribution in [-0.4, -0.2) is 68.7 Å². The fourth-order valence-electron chi connectivity index (χ4n) is 2.60. The van der Waals surface area contributed by atoms with Gasteiger partial charge in [-0.15, -0.1) is 0 Å². The van der Waals surface area contributed by atoms with E-state index in [1.54, 1.807) is 0 Å². The zero-order valence-electron chi connectivity index (χ0n) is 13.7. The number of aryl methyl sites for hydroxylation is 1. The van der Waals surface area contributed by atoms with Crippen molar-refractivity contribution in [2.45, 2.75) is 13.3 Å². The summed E-state index contributed by atoms with van der Waals surface area (Å²) in [5.74, 6) is 0.0466. The van der Waals surface area contributed by atoms with Gasteiger partial charge in [0.25, 0.3) is 0 Å². The molecule has 5 heteroatoms. The van der Waals surface area contributed by atoms with Crippen molar-refractivity contribution in [1.82, 2.24) is 9.80 Å². The van der Waals surface area contributed by atoms with Gasteiger partial charge >= 0.3 is 0 Å². The van der Waals surface area contributed by atoms with E-state index in [0.717, 1.165) is 51.5 Å². The maximum absolute atomic E-state index is 12.2. The zero-order chi connectivity index (χ0) is 15.8. The topological polar surface area (TPSA) is 44.8 Å². The first-order valence-electron chi connectivity index (χ1n) is 8.05. The fraction of sp³-hybridized carbons (Fsp3) is 0.588. The molecule has 1 fully saturated rings. The van der Waals surface area contributed by atoms with Crippen molar-refractivity contribution in [1.29, 1.82) is 0 Å². The summed E-state index contributed by atoms with van der Waals surface area (Å²) in [7, 11) is 1.99. The number of nitrogens with zero attached hydrogens (tertiary/aromatic N) is 2. The molecule has 1 heterocycles. The Morgan fingerprint density at radius 2 is 2.05 bits per heavy atom. The van der Waals surface area contributed by atoms with E-state index in [4.69, 9.17) is 4.74 Å². The van der Waals surface area contributed by atoms with E-state index >= 15 is 0 Å². The van der Waals surface area contributed by atoms with Crippen molar-refractivity contribution >= 4 is 11.6 Å². The van der Waals surface area contributed by atoms with Gasteiger partial charge in [0.15, 0.2) is 0 Å². The van der Waals surface area contributed by atoms with Crippen molar-refractivity contribution in [2.75, 3.05) is 58.3 Å². The van der Waals surface area contributed by atoms with Crippen LogP contribution in [0.4, 0.5) is 5.69 Å². The Bertz CT molecular complexity index is 473. The van der Waals surface area contributed by atoms with E-state index in [2.05, 4.69) is 28.1 Å². The third-order valence-corrected chi connectivity index (χ3v) is 3.99. The molecule has 1 aromatic rings. The van der Waals surface area contributed by atoms with E-state index in [1.807, 2.05) is 25.2 Å². The Morgan fingerprint density at radius 3 is 2.77 bits per heavy atom. The molecule has 1 aliphatic rings. The standard InChI is InChI=1S/C17H27N3O2/c1-3-15-6-4-5-7-16(15)18-17(21)14-19(2)8-9-20-10-12-22-13-11-20/h4-7H,3,8-14H2,1-2H3,(H,18,21). The van der Waals surface area contributed by atoms with Gasteiger partial charge in [-0.25, -0.2) is 0 Å². The van der Waals surface area contributed by atoms with Crippen molar-refractivity contribution in [2.24, 2.45) is 0 Å². The molecular formula is C17H27N3O2. The smallest absolute Gasteiger partial charge is 0.238 e. The summed E-state index contributed by atoms with van der Waals surface area (Å²) in [4.78, 5) is 16.6. The van der Waals surface area contributed by atoms with Crippen LogP contribution in [0.5, 0.6) is 0 Å². The molecule has 0 atom stereocenters. The third-order valence-electron chi connectivity index (χ3n) is 3.99. The summed E-state index contributed by atoms with van der Waals surface area (Å²) in [6.45, 7) is 8.01. The molecular weight excluding hydrogens is 278 g/mol. The first kappa shape index (κ1) is 16.9. The van der Waals surface area contributed by atoms with Gasteiger partial charge in [-0.1, -0.05) is 25.1 Å². The number of carbonyl (C=O) groups excluding carboxylic acids is 1. The van der Waals surface area contributed by atoms with Crippen LogP contribution in [0.25, 0.3) is 0 Å². The molecule has 0 aromatic heterocycles. The van der Waals surface area contributed by atoms with Gasteiger partial charge in [0.2, 0.25) is 5.91 Å². The quantitative estimate of drug-likeness (QED) is 0.828. The lowest BCUT2D eigenvalue weighted by Gasteiger charge is -2.28. The summed E-state index contributed by atoms with van der Waals surface area (Å²) in [6, 6.07) is 7.97. The second-order valence-electron chi connectivity index (χ2n) is 5.75. The third kappa shape index (κ3) is 5.40. The molecule has 2 rings (SSSR count). The second kappa shape index (κ2) is 8.88. The molecule has 0 radical (unpaired) electrons. The van der Waals surface area contributed by atoms with E-state index in [-0.39, 0.29) is 5.91 Å². The highest BCUT2D eigenvalue weighted by molar-refractivity contribution is 5.92. The molecule has 0 bridgehead atoms. The molecule has 1 aliphatic heterocycles. The van der Waals surface area contributed by atoms with Crippen molar-refractivity contribution in [3.8, 4) is 0 Å². The Kier molecular flexibility index (Phi) is 6.83. The van der Waals surface area contributed by atoms with E-state index < -0.39 is 0 Å². The van der Waals surface area contributed by atoms with Crippen LogP contribution in [0.2, 0.25) is 0 Å². The first-order valence-corrected chi connectivity index (χ1v) is 8.05. The number of amides is 1. The van der Waals surface area contributed by atoms with Crippen LogP contribution in [0.3, 0.4) is 0 Å². The Balaban J connectivity index is 1.73. The van der Waals surface area contributed by atoms with Crippen LogP contribution in [0, 0.1) is 0 Å². The molecule has 0 spiro atoms. The van der Waals surface area contributed by atoms with Gasteiger partial charge in [-0.3, -0.25) is 14.6 Å². The average molecular weight is 305 g/mol. The van der Waals surface area contributed by atoms with Gasteiger partial charge in [0, 0.05) is 31.9 Å². The number of nitrogens with one attached hydrogen (secondary N) is 1. The molecule has 122 valence electrons. The van der Waals surface area contributed by atoms with Crippen LogP contribution >= 0.6 is 0 Å². The largest absolute Gasteiger partial charge is 0.379 e. The molecule has 1 N–H and O–H groups in total. The lowest BCUT2D eigenvalue weighted by molar-refractivity contribution is -0.117. The molecule has 0 aliphatic carbocycles. The maximum atomic E-state index is 12.2. The second-order valence-corrected chi connectivity index (χ2v) is 5.75. The molecule has 0 unspecified atom stereocenters. The number of carbonyl (C=O) groups is 1. The van der Waals surface area contributed by atoms with Crippen LogP contribution in [0.15, 0.2) is 24.3 Å². The van der Waals surface area contributed by atoms with Gasteiger partial charge < -0.3 is 10.1 Å². The number of ether oxygens (including phenoxy) is 1. The first-order chi connectivity index (χ1) is 10.7. The fourth-order valence-corrected chi connectivity index (χ4v) is 2.60. The summed E-state index contributed by atoms with van der Waals surface area (Å²) >= 11 is 0. The minimum Gasteiger partial charge on any atom is -0.379 e. The molecule has 1 saturated heterocycles. The van der Waals surface area contributed by atoms with Crippen LogP contribution < -0.4 is 5.32 Å². The number of hydrogen-bond acceptors (Lipinski definition) is 4. The highest BCUT2D eigenvalue weighted by atomic mass is 16.5. The number of anilines is 1. The number of rotatable bonds is 7. The number of morpholine rings is 1. The van der Waals surface area contributed by atoms with E-state index in [0.29, 0.717) is 6.54 Å². The summed E-state index contributed by atoms with van der Waals surface area (Å²) in [5, 5.41) is 3.02. The SMILES string of the molecule is CCc1ccccc1NC(=O)CN(C)CCN1CCOCC1. The highest BCUT2D eigenvalue weighted by Gasteiger charge is 2.13. The number of hydrogen-bond donors (Lipinski definition) is 1. The highest BCUT2D eigenvalue weighted by Crippen LogP contribution is 2.15. The lowest BCUT2D eigenvalue weighted by Crippen LogP contribution is -2.42. The van der Waals surface area contributed by atoms with Crippen molar-refractivity contribution in [3.63, 3.8) is 0 Å². The minimum atomic E-state index is 0.0466. The monoisotopic (exact) mass is 305 g/mol. The summed E-state index contributed by atoms with van der Waals surface area (Å²) in [5.41, 5.74) is 2.10. The van der Waals surface area contributed by atoms with Gasteiger partial charge in [-0.05, 0) is 25.1 Å². The van der Waals surface area contributed by atoms with Crippen LogP contribution in [0.1, 0.15) is 12.5 Å². The van der Waals surface area contributed by atoms with Crippen molar-refractivity contribution in [3.05, 3.63) is 29.8 Å². The van der Waals surface area contributed by atoms with Gasteiger partial charge in [-0.2, -0.15) is 0 Å². The Hall–Kier alpha value is -1.43. The number of likely N-dealkylation sites (N-methyl/N-ethyl adjacent to an activating group) is 1. The molecule has 5 nitrogen and oxygen atoms in total. The predicted molar refractivity (Wildman–Crippen MR) is 89.2 cm³/mol. The Labute approximate surface area is 133 Å². The lowest BCUT2D eigenvalue weighted by atomic mass is 10.1. The number of para-hydroxylation sites is 1. The van der Waals surface area contributed by atoms with Gasteiger partial charge in [0.05, 0.1) is 19.8 Å². The minimum absolute atomic E-state index is 0.0466. The number of benzene rings is 1. The van der Waals surface area contributed by atoms with Crippen molar-refractivity contribution < 1.29 is 9.53 Å². The Morgan fingerprint density at radius 1 is 1.32 bits per heavy atom.